The first-order valence-electron chi connectivity index (χ1n) is 8.85. The average Bonchev–Trinajstić information content (AvgIpc) is 2.90. The molecule has 4 aliphatic heterocycles. The number of carbonyl (C=O) groups is 1. The summed E-state index contributed by atoms with van der Waals surface area (Å²) in [5.41, 5.74) is 0. The average molecular weight is 324 g/mol. The molecular formula is C15H28N6O2. The Hall–Kier alpha value is -0.930. The van der Waals surface area contributed by atoms with E-state index in [1.54, 1.807) is 0 Å². The van der Waals surface area contributed by atoms with Crippen LogP contribution in [0.2, 0.25) is 0 Å². The molecule has 2 amide bonds. The first-order chi connectivity index (χ1) is 11.2. The number of ether oxygens (including phenoxy) is 1. The lowest BCUT2D eigenvalue weighted by Crippen LogP contribution is -2.69. The number of urea groups is 1. The van der Waals surface area contributed by atoms with Crippen LogP contribution in [0, 0.1) is 0 Å². The lowest BCUT2D eigenvalue weighted by Gasteiger charge is -2.45. The van der Waals surface area contributed by atoms with Gasteiger partial charge in [0.1, 0.15) is 6.17 Å². The van der Waals surface area contributed by atoms with Crippen molar-refractivity contribution in [3.05, 3.63) is 0 Å². The number of amides is 2. The third-order valence-electron chi connectivity index (χ3n) is 5.52. The maximum absolute atomic E-state index is 12.6. The molecule has 0 spiro atoms. The van der Waals surface area contributed by atoms with E-state index in [4.69, 9.17) is 4.74 Å². The molecule has 0 aliphatic carbocycles. The molecule has 0 aromatic heterocycles. The van der Waals surface area contributed by atoms with Crippen LogP contribution in [0.3, 0.4) is 0 Å². The number of carbonyl (C=O) groups excluding carboxylic acids is 1. The molecule has 4 rings (SSSR count). The predicted molar refractivity (Wildman–Crippen MR) is 85.8 cm³/mol. The Bertz CT molecular complexity index is 450. The van der Waals surface area contributed by atoms with Crippen molar-refractivity contribution < 1.29 is 9.53 Å². The van der Waals surface area contributed by atoms with Crippen molar-refractivity contribution in [2.75, 3.05) is 39.8 Å². The summed E-state index contributed by atoms with van der Waals surface area (Å²) in [6.45, 7) is 4.40. The Morgan fingerprint density at radius 1 is 1.22 bits per heavy atom. The molecule has 0 aromatic rings. The van der Waals surface area contributed by atoms with Crippen LogP contribution >= 0.6 is 0 Å². The molecule has 0 aromatic carbocycles. The maximum Gasteiger partial charge on any atom is 0.320 e. The van der Waals surface area contributed by atoms with Crippen molar-refractivity contribution in [1.29, 1.82) is 0 Å². The van der Waals surface area contributed by atoms with E-state index >= 15 is 0 Å². The van der Waals surface area contributed by atoms with Crippen LogP contribution in [0.5, 0.6) is 0 Å². The third kappa shape index (κ3) is 2.94. The molecule has 4 aliphatic rings. The number of piperidine rings is 1. The van der Waals surface area contributed by atoms with Gasteiger partial charge in [0.2, 0.25) is 0 Å². The number of hydrogen-bond acceptors (Lipinski definition) is 6. The van der Waals surface area contributed by atoms with Gasteiger partial charge in [-0.05, 0) is 39.4 Å². The fraction of sp³-hybridized carbons (Fsp3) is 0.933. The molecule has 5 atom stereocenters. The van der Waals surface area contributed by atoms with E-state index in [-0.39, 0.29) is 36.7 Å². The zero-order chi connectivity index (χ0) is 15.8. The van der Waals surface area contributed by atoms with Crippen LogP contribution in [0.25, 0.3) is 0 Å². The summed E-state index contributed by atoms with van der Waals surface area (Å²) >= 11 is 0. The molecule has 4 fully saturated rings. The van der Waals surface area contributed by atoms with Crippen molar-refractivity contribution >= 4 is 6.03 Å². The first-order valence-corrected chi connectivity index (χ1v) is 8.85. The van der Waals surface area contributed by atoms with E-state index in [9.17, 15) is 4.79 Å². The highest BCUT2D eigenvalue weighted by atomic mass is 16.5. The van der Waals surface area contributed by atoms with Crippen molar-refractivity contribution in [1.82, 2.24) is 31.1 Å². The topological polar surface area (TPSA) is 80.9 Å². The van der Waals surface area contributed by atoms with Gasteiger partial charge in [-0.15, -0.1) is 0 Å². The van der Waals surface area contributed by atoms with E-state index < -0.39 is 0 Å². The number of fused-ring (bicyclic) bond motifs is 3. The highest BCUT2D eigenvalue weighted by Gasteiger charge is 2.49. The Labute approximate surface area is 137 Å². The molecule has 4 saturated heterocycles. The minimum absolute atomic E-state index is 0.00247. The van der Waals surface area contributed by atoms with Crippen LogP contribution in [0.1, 0.15) is 19.3 Å². The smallest absolute Gasteiger partial charge is 0.320 e. The molecule has 8 nitrogen and oxygen atoms in total. The molecule has 8 heteroatoms. The number of nitrogens with zero attached hydrogens (tertiary/aromatic N) is 2. The third-order valence-corrected chi connectivity index (χ3v) is 5.52. The molecular weight excluding hydrogens is 296 g/mol. The quantitative estimate of drug-likeness (QED) is 0.441. The summed E-state index contributed by atoms with van der Waals surface area (Å²) in [4.78, 5) is 16.9. The van der Waals surface area contributed by atoms with Gasteiger partial charge in [0.25, 0.3) is 0 Å². The van der Waals surface area contributed by atoms with Crippen LogP contribution in [0.4, 0.5) is 4.79 Å². The van der Waals surface area contributed by atoms with E-state index in [2.05, 4.69) is 33.2 Å². The fourth-order valence-corrected chi connectivity index (χ4v) is 4.25. The minimum Gasteiger partial charge on any atom is -0.376 e. The van der Waals surface area contributed by atoms with Crippen molar-refractivity contribution in [2.45, 2.75) is 49.9 Å². The molecule has 4 N–H and O–H groups in total. The molecule has 0 radical (unpaired) electrons. The molecule has 0 saturated carbocycles. The van der Waals surface area contributed by atoms with E-state index in [0.717, 1.165) is 52.0 Å². The Balaban J connectivity index is 1.60. The number of hydrogen-bond donors (Lipinski definition) is 4. The number of rotatable bonds is 0. The summed E-state index contributed by atoms with van der Waals surface area (Å²) in [6, 6.07) is 0.0571. The van der Waals surface area contributed by atoms with Crippen molar-refractivity contribution in [3.8, 4) is 0 Å². The van der Waals surface area contributed by atoms with Gasteiger partial charge in [0, 0.05) is 19.7 Å². The van der Waals surface area contributed by atoms with Gasteiger partial charge in [0.15, 0.2) is 0 Å². The summed E-state index contributed by atoms with van der Waals surface area (Å²) in [7, 11) is 2.15. The lowest BCUT2D eigenvalue weighted by molar-refractivity contribution is -0.0444. The minimum atomic E-state index is -0.0101. The van der Waals surface area contributed by atoms with Crippen molar-refractivity contribution in [2.24, 2.45) is 0 Å². The molecule has 2 bridgehead atoms. The Morgan fingerprint density at radius 2 is 2.09 bits per heavy atom. The standard InChI is InChI=1S/C15H28N6O2/c1-20-6-2-3-7-23-10-4-5-17-14-13(10)21(15(22)19-14)12-9-16-8-11(20)18-12/h10-14,16-18H,2-9H2,1H3,(H,19,22). The summed E-state index contributed by atoms with van der Waals surface area (Å²) in [5.74, 6) is 0. The van der Waals surface area contributed by atoms with Gasteiger partial charge in [-0.3, -0.25) is 20.4 Å². The molecule has 23 heavy (non-hydrogen) atoms. The normalized spacial score (nSPS) is 42.4. The summed E-state index contributed by atoms with van der Waals surface area (Å²) in [6.07, 6.45) is 3.52. The van der Waals surface area contributed by atoms with E-state index in [1.165, 1.54) is 0 Å². The SMILES string of the molecule is CN1CCCCOC2CCNC3NC(=O)N(C4CNCC1N4)C32. The maximum atomic E-state index is 12.6. The lowest BCUT2D eigenvalue weighted by atomic mass is 9.99. The molecule has 130 valence electrons. The van der Waals surface area contributed by atoms with Crippen LogP contribution in [0.15, 0.2) is 0 Å². The number of piperazine rings is 1. The summed E-state index contributed by atoms with van der Waals surface area (Å²) in [5, 5.41) is 13.6. The van der Waals surface area contributed by atoms with Gasteiger partial charge in [-0.2, -0.15) is 0 Å². The van der Waals surface area contributed by atoms with Crippen LogP contribution in [-0.4, -0.2) is 86.3 Å². The zero-order valence-electron chi connectivity index (χ0n) is 13.8. The van der Waals surface area contributed by atoms with Crippen LogP contribution < -0.4 is 21.3 Å². The Kier molecular flexibility index (Phi) is 4.42. The fourth-order valence-electron chi connectivity index (χ4n) is 4.25. The Morgan fingerprint density at radius 3 is 3.00 bits per heavy atom. The van der Waals surface area contributed by atoms with Gasteiger partial charge >= 0.3 is 6.03 Å². The summed E-state index contributed by atoms with van der Waals surface area (Å²) < 4.78 is 6.18. The number of nitrogens with one attached hydrogen (secondary N) is 4. The second-order valence-corrected chi connectivity index (χ2v) is 7.02. The van der Waals surface area contributed by atoms with Crippen molar-refractivity contribution in [3.63, 3.8) is 0 Å². The monoisotopic (exact) mass is 324 g/mol. The van der Waals surface area contributed by atoms with E-state index in [0.29, 0.717) is 0 Å². The highest BCUT2D eigenvalue weighted by Crippen LogP contribution is 2.26. The highest BCUT2D eigenvalue weighted by molar-refractivity contribution is 5.78. The second kappa shape index (κ2) is 6.52. The first kappa shape index (κ1) is 15.6. The molecule has 4 heterocycles. The predicted octanol–water partition coefficient (Wildman–Crippen LogP) is -1.34. The number of likely N-dealkylation sites (N-methyl/N-ethyl adjacent to an activating group) is 1. The van der Waals surface area contributed by atoms with Gasteiger partial charge in [-0.1, -0.05) is 0 Å². The zero-order valence-corrected chi connectivity index (χ0v) is 13.8. The largest absolute Gasteiger partial charge is 0.376 e. The second-order valence-electron chi connectivity index (χ2n) is 7.02. The van der Waals surface area contributed by atoms with Gasteiger partial charge < -0.3 is 15.4 Å². The molecule has 5 unspecified atom stereocenters. The van der Waals surface area contributed by atoms with E-state index in [1.807, 2.05) is 4.90 Å². The van der Waals surface area contributed by atoms with Crippen LogP contribution in [-0.2, 0) is 4.74 Å². The van der Waals surface area contributed by atoms with Gasteiger partial charge in [0.05, 0.1) is 24.5 Å². The van der Waals surface area contributed by atoms with Gasteiger partial charge in [-0.25, -0.2) is 4.79 Å².